The van der Waals surface area contributed by atoms with Crippen LogP contribution in [-0.4, -0.2) is 32.9 Å². The molecule has 1 heterocycles. The van der Waals surface area contributed by atoms with Crippen molar-refractivity contribution in [3.8, 4) is 0 Å². The van der Waals surface area contributed by atoms with E-state index in [1.807, 2.05) is 0 Å². The molecule has 0 fully saturated rings. The van der Waals surface area contributed by atoms with E-state index in [-0.39, 0.29) is 34.6 Å². The summed E-state index contributed by atoms with van der Waals surface area (Å²) in [5.74, 6) is -3.11. The van der Waals surface area contributed by atoms with Crippen LogP contribution in [0.2, 0.25) is 0 Å². The molecule has 0 aromatic carbocycles. The van der Waals surface area contributed by atoms with Crippen molar-refractivity contribution >= 4 is 35.8 Å². The largest absolute Gasteiger partial charge is 0.358 e. The predicted molar refractivity (Wildman–Crippen MR) is 93.4 cm³/mol. The molecule has 0 aliphatic heterocycles. The fourth-order valence-electron chi connectivity index (χ4n) is 1.05. The lowest BCUT2D eigenvalue weighted by molar-refractivity contribution is -0.136. The average molecular weight is 378 g/mol. The van der Waals surface area contributed by atoms with Crippen molar-refractivity contribution < 1.29 is 28.9 Å². The smallest absolute Gasteiger partial charge is 0.336 e. The van der Waals surface area contributed by atoms with E-state index in [2.05, 4.69) is 65.6 Å². The first-order valence-corrected chi connectivity index (χ1v) is 7.24. The van der Waals surface area contributed by atoms with Gasteiger partial charge in [-0.15, -0.1) is 0 Å². The van der Waals surface area contributed by atoms with Gasteiger partial charge >= 0.3 is 17.9 Å². The van der Waals surface area contributed by atoms with Crippen molar-refractivity contribution in [2.45, 2.75) is 20.8 Å². The van der Waals surface area contributed by atoms with Crippen LogP contribution in [-0.2, 0) is 28.9 Å². The molecule has 27 heavy (non-hydrogen) atoms. The Balaban J connectivity index is 2.95. The summed E-state index contributed by atoms with van der Waals surface area (Å²) in [7, 11) is 0. The maximum atomic E-state index is 11.4. The van der Waals surface area contributed by atoms with Gasteiger partial charge in [-0.3, -0.25) is 0 Å². The van der Waals surface area contributed by atoms with Gasteiger partial charge < -0.3 is 14.5 Å². The molecule has 0 spiro atoms. The van der Waals surface area contributed by atoms with Gasteiger partial charge in [0.25, 0.3) is 17.8 Å². The Morgan fingerprint density at radius 1 is 0.630 bits per heavy atom. The highest BCUT2D eigenvalue weighted by molar-refractivity contribution is 5.88. The number of nitrogens with zero attached hydrogens (tertiary/aromatic N) is 3. The van der Waals surface area contributed by atoms with Crippen molar-refractivity contribution in [2.75, 3.05) is 16.4 Å². The zero-order chi connectivity index (χ0) is 20.6. The van der Waals surface area contributed by atoms with Crippen LogP contribution in [0.25, 0.3) is 0 Å². The first-order valence-electron chi connectivity index (χ1n) is 7.24. The van der Waals surface area contributed by atoms with Crippen LogP contribution in [0.5, 0.6) is 0 Å². The van der Waals surface area contributed by atoms with Gasteiger partial charge in [0.15, 0.2) is 0 Å². The standard InChI is InChI=1S/C15H18N6O6/c1-7(2)10(22)25-19-13-16-14(20-26-11(23)8(3)4)18-15(17-13)21-27-12(24)9(5)6/h1,3,5H2,2,4,6H3,(H3,16,17,18,19,20,21). The SMILES string of the molecule is C=C(C)C(=O)ONc1nc(NOC(=O)C(=C)C)nc(NOC(=O)C(=C)C)n1. The molecular formula is C15H18N6O6. The topological polar surface area (TPSA) is 154 Å². The maximum absolute atomic E-state index is 11.4. The predicted octanol–water partition coefficient (Wildman–Crippen LogP) is 1.21. The third-order valence-electron chi connectivity index (χ3n) is 2.39. The molecule has 12 nitrogen and oxygen atoms in total. The van der Waals surface area contributed by atoms with Gasteiger partial charge in [-0.2, -0.15) is 31.4 Å². The van der Waals surface area contributed by atoms with Crippen molar-refractivity contribution in [1.29, 1.82) is 0 Å². The number of carbonyl (C=O) groups excluding carboxylic acids is 3. The van der Waals surface area contributed by atoms with Gasteiger partial charge in [-0.25, -0.2) is 14.4 Å². The molecule has 144 valence electrons. The second kappa shape index (κ2) is 9.50. The first-order chi connectivity index (χ1) is 12.6. The van der Waals surface area contributed by atoms with Crippen LogP contribution < -0.4 is 16.4 Å². The van der Waals surface area contributed by atoms with E-state index in [9.17, 15) is 14.4 Å². The number of carbonyl (C=O) groups is 3. The van der Waals surface area contributed by atoms with Crippen molar-refractivity contribution in [3.63, 3.8) is 0 Å². The van der Waals surface area contributed by atoms with Crippen LogP contribution in [0.15, 0.2) is 36.5 Å². The summed E-state index contributed by atoms with van der Waals surface area (Å²) >= 11 is 0. The second-order valence-electron chi connectivity index (χ2n) is 5.12. The van der Waals surface area contributed by atoms with Gasteiger partial charge in [0.2, 0.25) is 0 Å². The molecule has 0 saturated heterocycles. The molecule has 0 aliphatic rings. The summed E-state index contributed by atoms with van der Waals surface area (Å²) in [4.78, 5) is 59.7. The molecule has 0 unspecified atom stereocenters. The van der Waals surface area contributed by atoms with Crippen LogP contribution in [0.4, 0.5) is 17.8 Å². The second-order valence-corrected chi connectivity index (χ2v) is 5.12. The molecule has 0 atom stereocenters. The molecule has 0 saturated carbocycles. The van der Waals surface area contributed by atoms with Crippen molar-refractivity contribution in [1.82, 2.24) is 15.0 Å². The van der Waals surface area contributed by atoms with Gasteiger partial charge in [0.05, 0.1) is 0 Å². The minimum atomic E-state index is -0.762. The minimum absolute atomic E-state index is 0.124. The van der Waals surface area contributed by atoms with E-state index in [4.69, 9.17) is 0 Å². The number of anilines is 3. The molecule has 0 radical (unpaired) electrons. The Labute approximate surface area is 154 Å². The van der Waals surface area contributed by atoms with Crippen LogP contribution in [0.1, 0.15) is 20.8 Å². The molecule has 1 aromatic rings. The van der Waals surface area contributed by atoms with E-state index < -0.39 is 17.9 Å². The van der Waals surface area contributed by atoms with Gasteiger partial charge in [-0.1, -0.05) is 19.7 Å². The summed E-state index contributed by atoms with van der Waals surface area (Å²) in [6, 6.07) is 0. The average Bonchev–Trinajstić information content (AvgIpc) is 2.61. The van der Waals surface area contributed by atoms with Crippen LogP contribution >= 0.6 is 0 Å². The van der Waals surface area contributed by atoms with Crippen molar-refractivity contribution in [3.05, 3.63) is 36.5 Å². The van der Waals surface area contributed by atoms with Crippen molar-refractivity contribution in [2.24, 2.45) is 0 Å². The molecule has 12 heteroatoms. The number of hydrogen-bond donors (Lipinski definition) is 3. The summed E-state index contributed by atoms with van der Waals surface area (Å²) in [6.07, 6.45) is 0. The molecule has 3 N–H and O–H groups in total. The number of rotatable bonds is 9. The maximum Gasteiger partial charge on any atom is 0.358 e. The fourth-order valence-corrected chi connectivity index (χ4v) is 1.05. The molecule has 0 bridgehead atoms. The summed E-state index contributed by atoms with van der Waals surface area (Å²) in [5, 5.41) is 0. The molecular weight excluding hydrogens is 360 g/mol. The Bertz CT molecular complexity index is 689. The Hall–Kier alpha value is -3.96. The van der Waals surface area contributed by atoms with Gasteiger partial charge in [0.1, 0.15) is 0 Å². The third-order valence-corrected chi connectivity index (χ3v) is 2.39. The first kappa shape index (κ1) is 21.1. The number of aromatic nitrogens is 3. The minimum Gasteiger partial charge on any atom is -0.336 e. The summed E-state index contributed by atoms with van der Waals surface area (Å²) in [5.41, 5.74) is 6.85. The number of nitrogens with one attached hydrogen (secondary N) is 3. The van der Waals surface area contributed by atoms with Gasteiger partial charge in [0, 0.05) is 16.7 Å². The summed E-state index contributed by atoms with van der Waals surface area (Å²) in [6.45, 7) is 14.5. The number of hydrogen-bond acceptors (Lipinski definition) is 12. The molecule has 0 amide bonds. The molecule has 0 aliphatic carbocycles. The normalized spacial score (nSPS) is 9.44. The zero-order valence-corrected chi connectivity index (χ0v) is 14.9. The summed E-state index contributed by atoms with van der Waals surface area (Å²) < 4.78 is 0. The third kappa shape index (κ3) is 7.21. The highest BCUT2D eigenvalue weighted by Gasteiger charge is 2.13. The lowest BCUT2D eigenvalue weighted by atomic mass is 10.4. The zero-order valence-electron chi connectivity index (χ0n) is 14.9. The highest BCUT2D eigenvalue weighted by atomic mass is 16.7. The Morgan fingerprint density at radius 3 is 1.04 bits per heavy atom. The molecule has 1 rings (SSSR count). The monoisotopic (exact) mass is 378 g/mol. The molecule has 1 aromatic heterocycles. The van der Waals surface area contributed by atoms with Crippen LogP contribution in [0, 0.1) is 0 Å². The van der Waals surface area contributed by atoms with Crippen LogP contribution in [0.3, 0.4) is 0 Å². The van der Waals surface area contributed by atoms with E-state index in [1.165, 1.54) is 20.8 Å². The van der Waals surface area contributed by atoms with E-state index in [0.717, 1.165) is 0 Å². The lowest BCUT2D eigenvalue weighted by Crippen LogP contribution is -2.18. The Morgan fingerprint density at radius 2 is 0.852 bits per heavy atom. The van der Waals surface area contributed by atoms with E-state index >= 15 is 0 Å². The highest BCUT2D eigenvalue weighted by Crippen LogP contribution is 2.11. The van der Waals surface area contributed by atoms with E-state index in [0.29, 0.717) is 0 Å². The Kier molecular flexibility index (Phi) is 7.42. The quantitative estimate of drug-likeness (QED) is 0.321. The lowest BCUT2D eigenvalue weighted by Gasteiger charge is -2.10. The van der Waals surface area contributed by atoms with Gasteiger partial charge in [-0.05, 0) is 20.8 Å². The fraction of sp³-hybridized carbons (Fsp3) is 0.200. The van der Waals surface area contributed by atoms with E-state index in [1.54, 1.807) is 0 Å².